The van der Waals surface area contributed by atoms with Gasteiger partial charge in [-0.05, 0) is 0 Å². The summed E-state index contributed by atoms with van der Waals surface area (Å²) in [7, 11) is 0. The molecule has 2 N–H and O–H groups in total. The van der Waals surface area contributed by atoms with E-state index in [-0.39, 0.29) is 42.5 Å². The van der Waals surface area contributed by atoms with Crippen molar-refractivity contribution in [3.63, 3.8) is 0 Å². The second-order valence-corrected chi connectivity index (χ2v) is 1.04. The summed E-state index contributed by atoms with van der Waals surface area (Å²) in [6, 6.07) is 0. The first-order valence-electron chi connectivity index (χ1n) is 1.86. The van der Waals surface area contributed by atoms with Crippen LogP contribution in [-0.2, 0) is 29.1 Å². The Balaban J connectivity index is -0.0000000300. The van der Waals surface area contributed by atoms with Gasteiger partial charge in [0.1, 0.15) is 0 Å². The van der Waals surface area contributed by atoms with Gasteiger partial charge in [-0.2, -0.15) is 0 Å². The molecule has 0 radical (unpaired) electrons. The van der Waals surface area contributed by atoms with Crippen molar-refractivity contribution in [1.82, 2.24) is 0 Å². The molecule has 0 aliphatic carbocycles. The van der Waals surface area contributed by atoms with Gasteiger partial charge in [-0.15, -0.1) is 0 Å². The van der Waals surface area contributed by atoms with Crippen LogP contribution in [0.25, 0.3) is 0 Å². The smallest absolute Gasteiger partial charge is 0.316 e. The molecule has 54 valence electrons. The molecule has 0 rings (SSSR count). The Kier molecular flexibility index (Phi) is 36.3. The van der Waals surface area contributed by atoms with Crippen molar-refractivity contribution in [2.45, 2.75) is 13.8 Å². The molecule has 0 atom stereocenters. The molecule has 0 amide bonds. The summed E-state index contributed by atoms with van der Waals surface area (Å²) in [4.78, 5) is 18.0. The molecule has 4 nitrogen and oxygen atoms in total. The summed E-state index contributed by atoms with van der Waals surface area (Å²) < 4.78 is 0. The molecule has 10 heavy (non-hydrogen) atoms. The Morgan fingerprint density at radius 3 is 1.00 bits per heavy atom. The first-order chi connectivity index (χ1) is 3.46. The maximum absolute atomic E-state index is 9.00. The summed E-state index contributed by atoms with van der Waals surface area (Å²) in [6.45, 7) is 2.17. The van der Waals surface area contributed by atoms with Gasteiger partial charge in [-0.3, -0.25) is 9.59 Å². The van der Waals surface area contributed by atoms with E-state index in [9.17, 15) is 0 Å². The Hall–Kier alpha value is 0.330. The summed E-state index contributed by atoms with van der Waals surface area (Å²) in [5.41, 5.74) is 0. The summed E-state index contributed by atoms with van der Waals surface area (Å²) in [5, 5.41) is 14.8. The van der Waals surface area contributed by atoms with Crippen LogP contribution in [0.15, 0.2) is 0 Å². The van der Waals surface area contributed by atoms with E-state index in [2.05, 4.69) is 0 Å². The standard InChI is InChI=1S/2C2H4O2.Mg.Zn.2H/c2*1-2(3)4;;;;/h2*1H3,(H,3,4);;;;. The molecule has 0 heterocycles. The quantitative estimate of drug-likeness (QED) is 0.518. The van der Waals surface area contributed by atoms with Crippen molar-refractivity contribution in [2.24, 2.45) is 0 Å². The molecule has 0 aromatic carbocycles. The zero-order valence-electron chi connectivity index (χ0n) is 5.42. The second-order valence-electron chi connectivity index (χ2n) is 1.04. The van der Waals surface area contributed by atoms with E-state index in [0.717, 1.165) is 13.8 Å². The maximum Gasteiger partial charge on any atom is 0.316 e. The molecule has 0 aliphatic heterocycles. The summed E-state index contributed by atoms with van der Waals surface area (Å²) in [6.07, 6.45) is 0. The molecule has 0 saturated heterocycles. The fraction of sp³-hybridized carbons (Fsp3) is 0.500. The first-order valence-corrected chi connectivity index (χ1v) is 1.86. The Morgan fingerprint density at radius 2 is 1.00 bits per heavy atom. The van der Waals surface area contributed by atoms with Gasteiger partial charge in [0.2, 0.25) is 0 Å². The monoisotopic (exact) mass is 210 g/mol. The molecule has 0 aromatic rings. The Bertz CT molecular complexity index is 75.3. The van der Waals surface area contributed by atoms with E-state index < -0.39 is 11.9 Å². The zero-order chi connectivity index (χ0) is 7.15. The van der Waals surface area contributed by atoms with Gasteiger partial charge in [0.15, 0.2) is 0 Å². The minimum atomic E-state index is -0.833. The van der Waals surface area contributed by atoms with Crippen molar-refractivity contribution in [3.05, 3.63) is 0 Å². The third-order valence-electron chi connectivity index (χ3n) is 0. The Labute approximate surface area is 87.9 Å². The normalized spacial score (nSPS) is 5.00. The van der Waals surface area contributed by atoms with Crippen LogP contribution in [0.4, 0.5) is 0 Å². The zero-order valence-corrected chi connectivity index (χ0v) is 8.39. The predicted molar refractivity (Wildman–Crippen MR) is 35.2 cm³/mol. The molecule has 0 fully saturated rings. The largest absolute Gasteiger partial charge is 0.481 e. The van der Waals surface area contributed by atoms with Crippen LogP contribution < -0.4 is 0 Å². The topological polar surface area (TPSA) is 74.6 Å². The van der Waals surface area contributed by atoms with Crippen LogP contribution in [0.1, 0.15) is 13.8 Å². The molecule has 0 bridgehead atoms. The maximum atomic E-state index is 9.00. The van der Waals surface area contributed by atoms with E-state index in [1.807, 2.05) is 0 Å². The minimum Gasteiger partial charge on any atom is -0.481 e. The van der Waals surface area contributed by atoms with Crippen molar-refractivity contribution >= 4 is 35.0 Å². The molecular weight excluding hydrogens is 202 g/mol. The van der Waals surface area contributed by atoms with Gasteiger partial charge in [0, 0.05) is 33.3 Å². The van der Waals surface area contributed by atoms with Crippen LogP contribution in [0.2, 0.25) is 0 Å². The van der Waals surface area contributed by atoms with Crippen LogP contribution in [0.5, 0.6) is 0 Å². The third kappa shape index (κ3) is 4120. The number of rotatable bonds is 0. The number of aliphatic carboxylic acids is 2. The second kappa shape index (κ2) is 16.2. The first kappa shape index (κ1) is 22.4. The molecule has 0 saturated carbocycles. The summed E-state index contributed by atoms with van der Waals surface area (Å²) in [5.74, 6) is -1.67. The molecule has 0 spiro atoms. The van der Waals surface area contributed by atoms with Crippen LogP contribution in [-0.4, -0.2) is 45.2 Å². The van der Waals surface area contributed by atoms with Gasteiger partial charge >= 0.3 is 23.1 Å². The van der Waals surface area contributed by atoms with E-state index >= 15 is 0 Å². The van der Waals surface area contributed by atoms with Crippen molar-refractivity contribution < 1.29 is 39.3 Å². The number of carboxylic acid groups (broad SMARTS) is 2. The molecule has 0 aliphatic rings. The Morgan fingerprint density at radius 1 is 1.00 bits per heavy atom. The van der Waals surface area contributed by atoms with Crippen molar-refractivity contribution in [3.8, 4) is 0 Å². The van der Waals surface area contributed by atoms with E-state index in [1.54, 1.807) is 0 Å². The van der Waals surface area contributed by atoms with Gasteiger partial charge in [0.05, 0.1) is 0 Å². The average Bonchev–Trinajstić information content (AvgIpc) is 1.25. The number of hydrogen-bond acceptors (Lipinski definition) is 2. The van der Waals surface area contributed by atoms with Crippen molar-refractivity contribution in [2.75, 3.05) is 0 Å². The van der Waals surface area contributed by atoms with E-state index in [0.29, 0.717) is 0 Å². The van der Waals surface area contributed by atoms with Gasteiger partial charge in [-0.25, -0.2) is 0 Å². The number of hydrogen-bond donors (Lipinski definition) is 2. The average molecular weight is 212 g/mol. The van der Waals surface area contributed by atoms with Crippen LogP contribution >= 0.6 is 0 Å². The van der Waals surface area contributed by atoms with E-state index in [1.165, 1.54) is 0 Å². The van der Waals surface area contributed by atoms with E-state index in [4.69, 9.17) is 19.8 Å². The van der Waals surface area contributed by atoms with Gasteiger partial charge in [-0.1, -0.05) is 0 Å². The third-order valence-corrected chi connectivity index (χ3v) is 0. The molecule has 0 unspecified atom stereocenters. The SMILES string of the molecule is CC(=O)O.CC(=O)O.[MgH2].[Zn]. The minimum absolute atomic E-state index is 0. The van der Waals surface area contributed by atoms with Crippen LogP contribution in [0.3, 0.4) is 0 Å². The fourth-order valence-corrected chi connectivity index (χ4v) is 0. The van der Waals surface area contributed by atoms with Gasteiger partial charge < -0.3 is 10.2 Å². The summed E-state index contributed by atoms with van der Waals surface area (Å²) >= 11 is 0. The predicted octanol–water partition coefficient (Wildman–Crippen LogP) is -0.737. The fourth-order valence-electron chi connectivity index (χ4n) is 0. The number of carbonyl (C=O) groups is 2. The molecule has 6 heteroatoms. The number of carboxylic acids is 2. The van der Waals surface area contributed by atoms with Crippen LogP contribution in [0, 0.1) is 0 Å². The molecular formula is C4H10MgO4Zn. The molecule has 0 aromatic heterocycles. The van der Waals surface area contributed by atoms with Crippen molar-refractivity contribution in [1.29, 1.82) is 0 Å². The van der Waals surface area contributed by atoms with Gasteiger partial charge in [0.25, 0.3) is 11.9 Å².